The molecule has 0 aliphatic heterocycles. The van der Waals surface area contributed by atoms with Crippen molar-refractivity contribution >= 4 is 60.1 Å². The summed E-state index contributed by atoms with van der Waals surface area (Å²) in [5.41, 5.74) is 1.98. The summed E-state index contributed by atoms with van der Waals surface area (Å²) in [6, 6.07) is 18.0. The van der Waals surface area contributed by atoms with E-state index < -0.39 is 10.0 Å². The molecule has 4 aromatic rings. The van der Waals surface area contributed by atoms with Crippen LogP contribution in [0.25, 0.3) is 22.0 Å². The van der Waals surface area contributed by atoms with Crippen LogP contribution in [0, 0.1) is 0 Å². The van der Waals surface area contributed by atoms with Crippen LogP contribution in [0.1, 0.15) is 0 Å². The van der Waals surface area contributed by atoms with Crippen LogP contribution < -0.4 is 10.5 Å². The molecule has 8 nitrogen and oxygen atoms in total. The molecule has 0 aliphatic rings. The molecule has 11 heteroatoms. The number of nitrogens with two attached hydrogens (primary N) is 1. The zero-order chi connectivity index (χ0) is 22.7. The van der Waals surface area contributed by atoms with E-state index in [2.05, 4.69) is 36.4 Å². The van der Waals surface area contributed by atoms with Gasteiger partial charge in [-0.25, -0.2) is 18.5 Å². The van der Waals surface area contributed by atoms with Crippen LogP contribution >= 0.6 is 27.7 Å². The highest BCUT2D eigenvalue weighted by Crippen LogP contribution is 2.33. The fourth-order valence-corrected chi connectivity index (χ4v) is 4.99. The van der Waals surface area contributed by atoms with Gasteiger partial charge in [0.2, 0.25) is 15.9 Å². The molecule has 3 aromatic carbocycles. The van der Waals surface area contributed by atoms with Crippen molar-refractivity contribution in [3.05, 3.63) is 71.5 Å². The van der Waals surface area contributed by atoms with E-state index in [9.17, 15) is 13.2 Å². The van der Waals surface area contributed by atoms with Crippen molar-refractivity contribution in [1.29, 1.82) is 0 Å². The highest BCUT2D eigenvalue weighted by Gasteiger charge is 2.16. The number of anilines is 1. The zero-order valence-electron chi connectivity index (χ0n) is 16.4. The van der Waals surface area contributed by atoms with E-state index in [0.717, 1.165) is 16.3 Å². The van der Waals surface area contributed by atoms with Crippen LogP contribution in [-0.2, 0) is 14.8 Å². The average molecular weight is 530 g/mol. The summed E-state index contributed by atoms with van der Waals surface area (Å²) >= 11 is 4.47. The quantitative estimate of drug-likeness (QED) is 0.363. The summed E-state index contributed by atoms with van der Waals surface area (Å²) in [7, 11) is -3.83. The maximum atomic E-state index is 12.5. The Morgan fingerprint density at radius 3 is 2.66 bits per heavy atom. The number of rotatable bonds is 6. The molecule has 0 unspecified atom stereocenters. The van der Waals surface area contributed by atoms with Gasteiger partial charge in [0.25, 0.3) is 0 Å². The first-order valence-electron chi connectivity index (χ1n) is 9.24. The lowest BCUT2D eigenvalue weighted by Crippen LogP contribution is -2.16. The standard InChI is InChI=1S/C21H16BrN5O3S2/c22-17-10-14(32(23,29)30)8-9-18(17)26-19(28)11-31-21-20(24-12-25-27-21)16-7-3-5-13-4-1-2-6-15(13)16/h1-10,12H,11H2,(H,26,28)(H2,23,29,30). The molecule has 0 radical (unpaired) electrons. The number of aromatic nitrogens is 3. The van der Waals surface area contributed by atoms with Crippen LogP contribution in [0.3, 0.4) is 0 Å². The molecule has 1 aromatic heterocycles. The summed E-state index contributed by atoms with van der Waals surface area (Å²) in [4.78, 5) is 16.9. The zero-order valence-corrected chi connectivity index (χ0v) is 19.6. The Hall–Kier alpha value is -2.86. The molecule has 0 bridgehead atoms. The topological polar surface area (TPSA) is 128 Å². The number of carbonyl (C=O) groups is 1. The maximum absolute atomic E-state index is 12.5. The van der Waals surface area contributed by atoms with Crippen molar-refractivity contribution in [1.82, 2.24) is 15.2 Å². The number of thioether (sulfide) groups is 1. The van der Waals surface area contributed by atoms with Gasteiger partial charge in [-0.15, -0.1) is 10.2 Å². The Morgan fingerprint density at radius 1 is 1.09 bits per heavy atom. The minimum atomic E-state index is -3.83. The summed E-state index contributed by atoms with van der Waals surface area (Å²) < 4.78 is 23.3. The molecule has 0 atom stereocenters. The summed E-state index contributed by atoms with van der Waals surface area (Å²) in [5, 5.41) is 18.5. The second kappa shape index (κ2) is 9.33. The number of amides is 1. The van der Waals surface area contributed by atoms with E-state index >= 15 is 0 Å². The number of carbonyl (C=O) groups excluding carboxylic acids is 1. The van der Waals surface area contributed by atoms with Gasteiger partial charge in [-0.05, 0) is 44.9 Å². The second-order valence-corrected chi connectivity index (χ2v) is 10.0. The van der Waals surface area contributed by atoms with Crippen molar-refractivity contribution < 1.29 is 13.2 Å². The molecule has 0 saturated heterocycles. The molecule has 0 fully saturated rings. The monoisotopic (exact) mass is 529 g/mol. The molecule has 4 rings (SSSR count). The fraction of sp³-hybridized carbons (Fsp3) is 0.0476. The minimum Gasteiger partial charge on any atom is -0.324 e. The highest BCUT2D eigenvalue weighted by atomic mass is 79.9. The number of nitrogens with one attached hydrogen (secondary N) is 1. The predicted octanol–water partition coefficient (Wildman–Crippen LogP) is 3.83. The minimum absolute atomic E-state index is 0.0536. The first-order chi connectivity index (χ1) is 15.3. The van der Waals surface area contributed by atoms with Gasteiger partial charge in [-0.1, -0.05) is 54.2 Å². The molecular formula is C21H16BrN5O3S2. The van der Waals surface area contributed by atoms with Gasteiger partial charge in [0.05, 0.1) is 16.3 Å². The molecule has 162 valence electrons. The Balaban J connectivity index is 1.52. The van der Waals surface area contributed by atoms with Crippen molar-refractivity contribution in [3.8, 4) is 11.3 Å². The number of benzene rings is 3. The van der Waals surface area contributed by atoms with Gasteiger partial charge in [0.1, 0.15) is 17.0 Å². The van der Waals surface area contributed by atoms with Gasteiger partial charge in [-0.3, -0.25) is 4.79 Å². The van der Waals surface area contributed by atoms with E-state index in [1.165, 1.54) is 36.3 Å². The Bertz CT molecular complexity index is 1420. The van der Waals surface area contributed by atoms with Crippen LogP contribution in [0.4, 0.5) is 5.69 Å². The number of fused-ring (bicyclic) bond motifs is 1. The molecule has 0 spiro atoms. The highest BCUT2D eigenvalue weighted by molar-refractivity contribution is 9.10. The smallest absolute Gasteiger partial charge is 0.238 e. The first-order valence-corrected chi connectivity index (χ1v) is 12.6. The lowest BCUT2D eigenvalue weighted by molar-refractivity contribution is -0.113. The second-order valence-electron chi connectivity index (χ2n) is 6.66. The third kappa shape index (κ3) is 4.96. The molecule has 1 amide bonds. The van der Waals surface area contributed by atoms with Gasteiger partial charge < -0.3 is 5.32 Å². The number of hydrogen-bond acceptors (Lipinski definition) is 7. The van der Waals surface area contributed by atoms with Crippen molar-refractivity contribution in [3.63, 3.8) is 0 Å². The molecular weight excluding hydrogens is 514 g/mol. The Kier molecular flexibility index (Phi) is 6.51. The van der Waals surface area contributed by atoms with Crippen LogP contribution in [0.5, 0.6) is 0 Å². The van der Waals surface area contributed by atoms with Gasteiger partial charge >= 0.3 is 0 Å². The number of nitrogens with zero attached hydrogens (tertiary/aromatic N) is 3. The van der Waals surface area contributed by atoms with Gasteiger partial charge in [0.15, 0.2) is 0 Å². The summed E-state index contributed by atoms with van der Waals surface area (Å²) in [5.74, 6) is -0.241. The lowest BCUT2D eigenvalue weighted by Gasteiger charge is -2.10. The number of primary sulfonamides is 1. The van der Waals surface area contributed by atoms with Crippen LogP contribution in [0.15, 0.2) is 81.4 Å². The molecule has 1 heterocycles. The van der Waals surface area contributed by atoms with Crippen LogP contribution in [-0.4, -0.2) is 35.3 Å². The van der Waals surface area contributed by atoms with Gasteiger partial charge in [0, 0.05) is 10.0 Å². The fourth-order valence-electron chi connectivity index (χ4n) is 3.07. The Morgan fingerprint density at radius 2 is 1.88 bits per heavy atom. The van der Waals surface area contributed by atoms with E-state index in [-0.39, 0.29) is 16.6 Å². The average Bonchev–Trinajstić information content (AvgIpc) is 2.78. The molecule has 32 heavy (non-hydrogen) atoms. The third-order valence-corrected chi connectivity index (χ3v) is 7.04. The van der Waals surface area contributed by atoms with Crippen molar-refractivity contribution in [2.24, 2.45) is 5.14 Å². The van der Waals surface area contributed by atoms with E-state index in [4.69, 9.17) is 5.14 Å². The largest absolute Gasteiger partial charge is 0.324 e. The summed E-state index contributed by atoms with van der Waals surface area (Å²) in [6.07, 6.45) is 1.38. The predicted molar refractivity (Wildman–Crippen MR) is 128 cm³/mol. The normalized spacial score (nSPS) is 11.4. The van der Waals surface area contributed by atoms with E-state index in [0.29, 0.717) is 20.9 Å². The molecule has 0 aliphatic carbocycles. The SMILES string of the molecule is NS(=O)(=O)c1ccc(NC(=O)CSc2nncnc2-c2cccc3ccccc23)c(Br)c1. The lowest BCUT2D eigenvalue weighted by atomic mass is 10.0. The summed E-state index contributed by atoms with van der Waals surface area (Å²) in [6.45, 7) is 0. The van der Waals surface area contributed by atoms with Crippen molar-refractivity contribution in [2.75, 3.05) is 11.1 Å². The number of hydrogen-bond donors (Lipinski definition) is 2. The molecule has 0 saturated carbocycles. The first kappa shape index (κ1) is 22.3. The number of halogens is 1. The maximum Gasteiger partial charge on any atom is 0.238 e. The van der Waals surface area contributed by atoms with E-state index in [1.54, 1.807) is 0 Å². The van der Waals surface area contributed by atoms with Crippen LogP contribution in [0.2, 0.25) is 0 Å². The Labute approximate surface area is 196 Å². The number of sulfonamides is 1. The third-order valence-electron chi connectivity index (χ3n) is 4.52. The molecule has 3 N–H and O–H groups in total. The van der Waals surface area contributed by atoms with Gasteiger partial charge in [-0.2, -0.15) is 0 Å². The van der Waals surface area contributed by atoms with E-state index in [1.807, 2.05) is 42.5 Å². The van der Waals surface area contributed by atoms with Crippen molar-refractivity contribution in [2.45, 2.75) is 9.92 Å².